The van der Waals surface area contributed by atoms with Gasteiger partial charge in [0.2, 0.25) is 5.89 Å². The van der Waals surface area contributed by atoms with E-state index in [1.807, 2.05) is 37.3 Å². The minimum Gasteiger partial charge on any atom is -0.497 e. The SMILES string of the molecule is COc1ccc(-c2nc3cc(Cl)cc(C)c3o2)cc1. The Morgan fingerprint density at radius 2 is 1.89 bits per heavy atom. The summed E-state index contributed by atoms with van der Waals surface area (Å²) in [6.07, 6.45) is 0. The van der Waals surface area contributed by atoms with Gasteiger partial charge in [0.25, 0.3) is 0 Å². The monoisotopic (exact) mass is 273 g/mol. The molecule has 0 N–H and O–H groups in total. The molecule has 1 aromatic heterocycles. The van der Waals surface area contributed by atoms with Crippen molar-refractivity contribution in [3.05, 3.63) is 47.0 Å². The van der Waals surface area contributed by atoms with Crippen molar-refractivity contribution in [1.29, 1.82) is 0 Å². The van der Waals surface area contributed by atoms with E-state index in [1.54, 1.807) is 13.2 Å². The van der Waals surface area contributed by atoms with Crippen LogP contribution in [0, 0.1) is 6.92 Å². The highest BCUT2D eigenvalue weighted by atomic mass is 35.5. The van der Waals surface area contributed by atoms with Crippen LogP contribution >= 0.6 is 11.6 Å². The molecular weight excluding hydrogens is 262 g/mol. The van der Waals surface area contributed by atoms with Crippen LogP contribution < -0.4 is 4.74 Å². The normalized spacial score (nSPS) is 10.9. The molecule has 96 valence electrons. The summed E-state index contributed by atoms with van der Waals surface area (Å²) < 4.78 is 10.9. The van der Waals surface area contributed by atoms with Crippen LogP contribution in [0.25, 0.3) is 22.6 Å². The molecule has 1 heterocycles. The zero-order valence-electron chi connectivity index (χ0n) is 10.6. The molecule has 0 atom stereocenters. The van der Waals surface area contributed by atoms with Crippen molar-refractivity contribution in [3.63, 3.8) is 0 Å². The van der Waals surface area contributed by atoms with E-state index < -0.39 is 0 Å². The van der Waals surface area contributed by atoms with Gasteiger partial charge in [-0.15, -0.1) is 0 Å². The van der Waals surface area contributed by atoms with E-state index in [4.69, 9.17) is 20.8 Å². The fourth-order valence-electron chi connectivity index (χ4n) is 2.01. The molecule has 19 heavy (non-hydrogen) atoms. The molecule has 2 aromatic carbocycles. The van der Waals surface area contributed by atoms with Gasteiger partial charge in [-0.2, -0.15) is 0 Å². The molecule has 0 aliphatic rings. The zero-order valence-corrected chi connectivity index (χ0v) is 11.4. The summed E-state index contributed by atoms with van der Waals surface area (Å²) in [4.78, 5) is 4.47. The maximum atomic E-state index is 6.02. The minimum atomic E-state index is 0.586. The Morgan fingerprint density at radius 3 is 2.58 bits per heavy atom. The zero-order chi connectivity index (χ0) is 13.4. The van der Waals surface area contributed by atoms with E-state index in [-0.39, 0.29) is 0 Å². The Morgan fingerprint density at radius 1 is 1.16 bits per heavy atom. The van der Waals surface area contributed by atoms with Gasteiger partial charge >= 0.3 is 0 Å². The van der Waals surface area contributed by atoms with E-state index in [0.717, 1.165) is 28.0 Å². The summed E-state index contributed by atoms with van der Waals surface area (Å²) in [5.41, 5.74) is 3.44. The third-order valence-corrected chi connectivity index (χ3v) is 3.20. The maximum absolute atomic E-state index is 6.02. The lowest BCUT2D eigenvalue weighted by Gasteiger charge is -1.99. The van der Waals surface area contributed by atoms with E-state index >= 15 is 0 Å². The van der Waals surface area contributed by atoms with Crippen molar-refractivity contribution in [2.45, 2.75) is 6.92 Å². The number of aromatic nitrogens is 1. The summed E-state index contributed by atoms with van der Waals surface area (Å²) in [5.74, 6) is 1.39. The Hall–Kier alpha value is -2.00. The predicted molar refractivity (Wildman–Crippen MR) is 75.7 cm³/mol. The molecule has 3 rings (SSSR count). The topological polar surface area (TPSA) is 35.3 Å². The van der Waals surface area contributed by atoms with Crippen molar-refractivity contribution in [2.75, 3.05) is 7.11 Å². The molecule has 0 amide bonds. The first-order chi connectivity index (χ1) is 9.17. The van der Waals surface area contributed by atoms with E-state index in [0.29, 0.717) is 10.9 Å². The number of hydrogen-bond donors (Lipinski definition) is 0. The number of ether oxygens (including phenoxy) is 1. The van der Waals surface area contributed by atoms with Gasteiger partial charge in [0, 0.05) is 10.6 Å². The largest absolute Gasteiger partial charge is 0.497 e. The summed E-state index contributed by atoms with van der Waals surface area (Å²) in [6, 6.07) is 11.3. The highest BCUT2D eigenvalue weighted by Gasteiger charge is 2.11. The molecule has 0 unspecified atom stereocenters. The Bertz CT molecular complexity index is 732. The maximum Gasteiger partial charge on any atom is 0.227 e. The summed E-state index contributed by atoms with van der Waals surface area (Å²) >= 11 is 6.02. The number of nitrogens with zero attached hydrogens (tertiary/aromatic N) is 1. The van der Waals surface area contributed by atoms with E-state index in [9.17, 15) is 0 Å². The molecule has 0 saturated carbocycles. The van der Waals surface area contributed by atoms with Crippen LogP contribution in [0.2, 0.25) is 5.02 Å². The third kappa shape index (κ3) is 2.17. The van der Waals surface area contributed by atoms with E-state index in [2.05, 4.69) is 4.98 Å². The lowest BCUT2D eigenvalue weighted by Crippen LogP contribution is -1.82. The lowest BCUT2D eigenvalue weighted by atomic mass is 10.2. The Kier molecular flexibility index (Phi) is 2.91. The molecule has 0 spiro atoms. The van der Waals surface area contributed by atoms with Gasteiger partial charge in [0.15, 0.2) is 5.58 Å². The number of hydrogen-bond acceptors (Lipinski definition) is 3. The summed E-state index contributed by atoms with van der Waals surface area (Å²) in [6.45, 7) is 1.96. The second kappa shape index (κ2) is 4.59. The molecule has 4 heteroatoms. The minimum absolute atomic E-state index is 0.586. The molecule has 0 radical (unpaired) electrons. The second-order valence-corrected chi connectivity index (χ2v) is 4.75. The van der Waals surface area contributed by atoms with Gasteiger partial charge < -0.3 is 9.15 Å². The van der Waals surface area contributed by atoms with Gasteiger partial charge in [-0.3, -0.25) is 0 Å². The van der Waals surface area contributed by atoms with Gasteiger partial charge in [-0.05, 0) is 48.9 Å². The number of fused-ring (bicyclic) bond motifs is 1. The number of benzene rings is 2. The Balaban J connectivity index is 2.12. The second-order valence-electron chi connectivity index (χ2n) is 4.32. The predicted octanol–water partition coefficient (Wildman–Crippen LogP) is 4.47. The summed E-state index contributed by atoms with van der Waals surface area (Å²) in [7, 11) is 1.64. The quantitative estimate of drug-likeness (QED) is 0.691. The van der Waals surface area contributed by atoms with Crippen LogP contribution in [0.5, 0.6) is 5.75 Å². The number of aryl methyl sites for hydroxylation is 1. The third-order valence-electron chi connectivity index (χ3n) is 2.98. The molecule has 0 bridgehead atoms. The standard InChI is InChI=1S/C15H12ClNO2/c1-9-7-11(16)8-13-14(9)19-15(17-13)10-3-5-12(18-2)6-4-10/h3-8H,1-2H3. The van der Waals surface area contributed by atoms with Crippen molar-refractivity contribution in [1.82, 2.24) is 4.98 Å². The fraction of sp³-hybridized carbons (Fsp3) is 0.133. The molecule has 3 aromatic rings. The first-order valence-corrected chi connectivity index (χ1v) is 6.26. The smallest absolute Gasteiger partial charge is 0.227 e. The number of methoxy groups -OCH3 is 1. The van der Waals surface area contributed by atoms with Crippen molar-refractivity contribution < 1.29 is 9.15 Å². The van der Waals surface area contributed by atoms with Gasteiger partial charge in [-0.25, -0.2) is 4.98 Å². The molecule has 3 nitrogen and oxygen atoms in total. The number of oxazole rings is 1. The average Bonchev–Trinajstić information content (AvgIpc) is 2.83. The number of rotatable bonds is 2. The van der Waals surface area contributed by atoms with Gasteiger partial charge in [-0.1, -0.05) is 11.6 Å². The Labute approximate surface area is 115 Å². The number of halogens is 1. The first-order valence-electron chi connectivity index (χ1n) is 5.88. The van der Waals surface area contributed by atoms with Crippen LogP contribution in [0.3, 0.4) is 0 Å². The van der Waals surface area contributed by atoms with Crippen molar-refractivity contribution in [3.8, 4) is 17.2 Å². The van der Waals surface area contributed by atoms with E-state index in [1.165, 1.54) is 0 Å². The van der Waals surface area contributed by atoms with Crippen LogP contribution in [0.4, 0.5) is 0 Å². The van der Waals surface area contributed by atoms with Crippen LogP contribution in [-0.2, 0) is 0 Å². The highest BCUT2D eigenvalue weighted by molar-refractivity contribution is 6.31. The molecule has 0 fully saturated rings. The first kappa shape index (κ1) is 12.1. The van der Waals surface area contributed by atoms with Crippen molar-refractivity contribution in [2.24, 2.45) is 0 Å². The summed E-state index contributed by atoms with van der Waals surface area (Å²) in [5, 5.41) is 0.666. The van der Waals surface area contributed by atoms with Gasteiger partial charge in [0.05, 0.1) is 7.11 Å². The van der Waals surface area contributed by atoms with Gasteiger partial charge in [0.1, 0.15) is 11.3 Å². The molecular formula is C15H12ClNO2. The van der Waals surface area contributed by atoms with Crippen LogP contribution in [-0.4, -0.2) is 12.1 Å². The molecule has 0 aliphatic carbocycles. The lowest BCUT2D eigenvalue weighted by molar-refractivity contribution is 0.415. The molecule has 0 aliphatic heterocycles. The average molecular weight is 274 g/mol. The molecule has 0 saturated heterocycles. The van der Waals surface area contributed by atoms with Crippen LogP contribution in [0.15, 0.2) is 40.8 Å². The fourth-order valence-corrected chi connectivity index (χ4v) is 2.28. The van der Waals surface area contributed by atoms with Crippen LogP contribution in [0.1, 0.15) is 5.56 Å². The van der Waals surface area contributed by atoms with Crippen molar-refractivity contribution >= 4 is 22.7 Å². The highest BCUT2D eigenvalue weighted by Crippen LogP contribution is 2.29.